The second kappa shape index (κ2) is 7.02. The summed E-state index contributed by atoms with van der Waals surface area (Å²) in [5.74, 6) is -0.412. The standard InChI is InChI=1S/C20H10Cl2FNO3/c21-11-5-7-13(15(22)9-11)18-8-6-12(26-18)10-17-20(25)27-19(24-17)14-3-1-2-4-16(14)23/h1-10H. The van der Waals surface area contributed by atoms with E-state index in [1.807, 2.05) is 0 Å². The summed E-state index contributed by atoms with van der Waals surface area (Å²) in [4.78, 5) is 16.1. The topological polar surface area (TPSA) is 51.8 Å². The molecule has 0 spiro atoms. The molecule has 27 heavy (non-hydrogen) atoms. The SMILES string of the molecule is O=C1OC(c2ccccc2F)=NC1=Cc1ccc(-c2ccc(Cl)cc2Cl)o1. The molecule has 0 aliphatic carbocycles. The number of ether oxygens (including phenoxy) is 1. The summed E-state index contributed by atoms with van der Waals surface area (Å²) in [6, 6.07) is 14.3. The van der Waals surface area contributed by atoms with Crippen LogP contribution >= 0.6 is 23.2 Å². The third-order valence-electron chi connectivity index (χ3n) is 3.83. The molecule has 134 valence electrons. The lowest BCUT2D eigenvalue weighted by Gasteiger charge is -2.00. The number of esters is 1. The Labute approximate surface area is 163 Å². The second-order valence-electron chi connectivity index (χ2n) is 5.64. The lowest BCUT2D eigenvalue weighted by atomic mass is 10.2. The van der Waals surface area contributed by atoms with Crippen LogP contribution in [-0.4, -0.2) is 11.9 Å². The Kier molecular flexibility index (Phi) is 4.56. The molecule has 1 aliphatic heterocycles. The van der Waals surface area contributed by atoms with Gasteiger partial charge in [-0.25, -0.2) is 14.2 Å². The van der Waals surface area contributed by atoms with Crippen LogP contribution in [0.4, 0.5) is 4.39 Å². The zero-order valence-corrected chi connectivity index (χ0v) is 15.1. The lowest BCUT2D eigenvalue weighted by molar-refractivity contribution is -0.129. The second-order valence-corrected chi connectivity index (χ2v) is 6.49. The van der Waals surface area contributed by atoms with Gasteiger partial charge in [-0.1, -0.05) is 35.3 Å². The molecule has 0 fully saturated rings. The van der Waals surface area contributed by atoms with Crippen molar-refractivity contribution < 1.29 is 18.3 Å². The summed E-state index contributed by atoms with van der Waals surface area (Å²) in [7, 11) is 0. The fourth-order valence-electron chi connectivity index (χ4n) is 2.56. The molecule has 4 rings (SSSR count). The van der Waals surface area contributed by atoms with Crippen LogP contribution in [0, 0.1) is 5.82 Å². The molecule has 2 aromatic carbocycles. The molecule has 7 heteroatoms. The Morgan fingerprint density at radius 3 is 2.59 bits per heavy atom. The largest absolute Gasteiger partial charge is 0.457 e. The molecule has 0 saturated heterocycles. The Morgan fingerprint density at radius 2 is 1.81 bits per heavy atom. The van der Waals surface area contributed by atoms with Gasteiger partial charge in [0.1, 0.15) is 17.3 Å². The van der Waals surface area contributed by atoms with Crippen LogP contribution in [0.3, 0.4) is 0 Å². The minimum atomic E-state index is -0.685. The summed E-state index contributed by atoms with van der Waals surface area (Å²) in [5, 5.41) is 0.956. The molecule has 0 N–H and O–H groups in total. The first-order valence-corrected chi connectivity index (χ1v) is 8.59. The molecule has 1 aliphatic rings. The average Bonchev–Trinajstić information content (AvgIpc) is 3.23. The summed E-state index contributed by atoms with van der Waals surface area (Å²) >= 11 is 12.1. The van der Waals surface area contributed by atoms with Crippen LogP contribution in [0.15, 0.2) is 69.7 Å². The van der Waals surface area contributed by atoms with Gasteiger partial charge in [0.2, 0.25) is 5.90 Å². The predicted octanol–water partition coefficient (Wildman–Crippen LogP) is 5.74. The number of hydrogen-bond donors (Lipinski definition) is 0. The van der Waals surface area contributed by atoms with E-state index in [0.717, 1.165) is 0 Å². The first kappa shape index (κ1) is 17.5. The fraction of sp³-hybridized carbons (Fsp3) is 0. The summed E-state index contributed by atoms with van der Waals surface area (Å²) < 4.78 is 24.6. The van der Waals surface area contributed by atoms with E-state index < -0.39 is 11.8 Å². The molecular weight excluding hydrogens is 392 g/mol. The van der Waals surface area contributed by atoms with E-state index in [1.165, 1.54) is 18.2 Å². The molecule has 1 aromatic heterocycles. The number of furan rings is 1. The molecule has 0 atom stereocenters. The number of halogens is 3. The normalized spacial score (nSPS) is 15.1. The van der Waals surface area contributed by atoms with Crippen LogP contribution in [0.1, 0.15) is 11.3 Å². The van der Waals surface area contributed by atoms with E-state index in [0.29, 0.717) is 27.1 Å². The van der Waals surface area contributed by atoms with E-state index in [1.54, 1.807) is 42.5 Å². The molecule has 0 amide bonds. The molecule has 4 nitrogen and oxygen atoms in total. The fourth-order valence-corrected chi connectivity index (χ4v) is 3.06. The van der Waals surface area contributed by atoms with Crippen molar-refractivity contribution in [3.63, 3.8) is 0 Å². The Hall–Kier alpha value is -2.89. The Morgan fingerprint density at radius 1 is 1.00 bits per heavy atom. The van der Waals surface area contributed by atoms with Crippen molar-refractivity contribution in [1.82, 2.24) is 0 Å². The maximum absolute atomic E-state index is 13.8. The van der Waals surface area contributed by atoms with E-state index in [9.17, 15) is 9.18 Å². The van der Waals surface area contributed by atoms with Crippen LogP contribution in [0.2, 0.25) is 10.0 Å². The summed E-state index contributed by atoms with van der Waals surface area (Å²) in [6.45, 7) is 0. The van der Waals surface area contributed by atoms with E-state index in [2.05, 4.69) is 4.99 Å². The summed E-state index contributed by atoms with van der Waals surface area (Å²) in [5.41, 5.74) is 0.786. The zero-order chi connectivity index (χ0) is 19.0. The number of hydrogen-bond acceptors (Lipinski definition) is 4. The third kappa shape index (κ3) is 3.52. The number of carbonyl (C=O) groups is 1. The van der Waals surface area contributed by atoms with Gasteiger partial charge in [0.05, 0.1) is 10.6 Å². The van der Waals surface area contributed by atoms with Gasteiger partial charge < -0.3 is 9.15 Å². The Balaban J connectivity index is 1.65. The van der Waals surface area contributed by atoms with Crippen molar-refractivity contribution in [3.8, 4) is 11.3 Å². The molecular formula is C20H10Cl2FNO3. The highest BCUT2D eigenvalue weighted by atomic mass is 35.5. The first-order valence-electron chi connectivity index (χ1n) is 7.84. The van der Waals surface area contributed by atoms with Crippen LogP contribution in [-0.2, 0) is 9.53 Å². The molecule has 0 radical (unpaired) electrons. The lowest BCUT2D eigenvalue weighted by Crippen LogP contribution is -2.07. The van der Waals surface area contributed by atoms with Gasteiger partial charge in [-0.3, -0.25) is 0 Å². The molecule has 2 heterocycles. The van der Waals surface area contributed by atoms with Crippen molar-refractivity contribution in [2.75, 3.05) is 0 Å². The molecule has 0 saturated carbocycles. The molecule has 0 bridgehead atoms. The van der Waals surface area contributed by atoms with Crippen molar-refractivity contribution >= 4 is 41.1 Å². The number of rotatable bonds is 3. The maximum atomic E-state index is 13.8. The van der Waals surface area contributed by atoms with Crippen LogP contribution in [0.5, 0.6) is 0 Å². The van der Waals surface area contributed by atoms with Crippen molar-refractivity contribution in [3.05, 3.63) is 87.5 Å². The highest BCUT2D eigenvalue weighted by Gasteiger charge is 2.26. The van der Waals surface area contributed by atoms with Gasteiger partial charge in [0.15, 0.2) is 5.70 Å². The van der Waals surface area contributed by atoms with Gasteiger partial charge in [0.25, 0.3) is 0 Å². The predicted molar refractivity (Wildman–Crippen MR) is 101 cm³/mol. The quantitative estimate of drug-likeness (QED) is 0.415. The van der Waals surface area contributed by atoms with E-state index >= 15 is 0 Å². The number of aliphatic imine (C=N–C) groups is 1. The third-order valence-corrected chi connectivity index (χ3v) is 4.37. The minimum absolute atomic E-state index is 0.0105. The van der Waals surface area contributed by atoms with Crippen molar-refractivity contribution in [1.29, 1.82) is 0 Å². The molecule has 0 unspecified atom stereocenters. The summed E-state index contributed by atoms with van der Waals surface area (Å²) in [6.07, 6.45) is 1.42. The van der Waals surface area contributed by atoms with Gasteiger partial charge >= 0.3 is 5.97 Å². The van der Waals surface area contributed by atoms with Crippen LogP contribution < -0.4 is 0 Å². The smallest absolute Gasteiger partial charge is 0.363 e. The zero-order valence-electron chi connectivity index (χ0n) is 13.6. The number of cyclic esters (lactones) is 1. The minimum Gasteiger partial charge on any atom is -0.457 e. The number of nitrogens with zero attached hydrogens (tertiary/aromatic N) is 1. The maximum Gasteiger partial charge on any atom is 0.363 e. The van der Waals surface area contributed by atoms with Crippen molar-refractivity contribution in [2.45, 2.75) is 0 Å². The first-order chi connectivity index (χ1) is 13.0. The van der Waals surface area contributed by atoms with Gasteiger partial charge in [0, 0.05) is 16.7 Å². The van der Waals surface area contributed by atoms with Gasteiger partial charge in [-0.2, -0.15) is 0 Å². The van der Waals surface area contributed by atoms with E-state index in [-0.39, 0.29) is 17.2 Å². The average molecular weight is 402 g/mol. The number of carbonyl (C=O) groups excluding carboxylic acids is 1. The molecule has 3 aromatic rings. The van der Waals surface area contributed by atoms with E-state index in [4.69, 9.17) is 32.4 Å². The van der Waals surface area contributed by atoms with Crippen LogP contribution in [0.25, 0.3) is 17.4 Å². The highest BCUT2D eigenvalue weighted by molar-refractivity contribution is 6.36. The van der Waals surface area contributed by atoms with Gasteiger partial charge in [-0.05, 0) is 42.5 Å². The number of benzene rings is 2. The Bertz CT molecular complexity index is 1120. The monoisotopic (exact) mass is 401 g/mol. The van der Waals surface area contributed by atoms with Crippen molar-refractivity contribution in [2.24, 2.45) is 4.99 Å². The highest BCUT2D eigenvalue weighted by Crippen LogP contribution is 2.32. The van der Waals surface area contributed by atoms with Gasteiger partial charge in [-0.15, -0.1) is 0 Å².